The van der Waals surface area contributed by atoms with Crippen molar-refractivity contribution in [1.82, 2.24) is 9.78 Å². The Morgan fingerprint density at radius 2 is 1.94 bits per heavy atom. The first-order valence-corrected chi connectivity index (χ1v) is 6.06. The Morgan fingerprint density at radius 3 is 2.62 bits per heavy atom. The minimum Gasteiger partial charge on any atom is -0.397 e. The highest BCUT2D eigenvalue weighted by Gasteiger charge is 1.97. The lowest BCUT2D eigenvalue weighted by atomic mass is 10.1. The number of hydrogen-bond acceptors (Lipinski definition) is 3. The second-order valence-electron chi connectivity index (χ2n) is 4.12. The van der Waals surface area contributed by atoms with Crippen LogP contribution in [-0.4, -0.2) is 9.78 Å². The van der Waals surface area contributed by atoms with E-state index >= 15 is 0 Å². The summed E-state index contributed by atoms with van der Waals surface area (Å²) in [5.74, 6) is 0. The highest BCUT2D eigenvalue weighted by Crippen LogP contribution is 2.05. The van der Waals surface area contributed by atoms with Crippen LogP contribution >= 0.6 is 0 Å². The Morgan fingerprint density at radius 1 is 1.25 bits per heavy atom. The lowest BCUT2D eigenvalue weighted by molar-refractivity contribution is 0.509. The zero-order valence-electron chi connectivity index (χ0n) is 9.98. The second kappa shape index (κ2) is 7.04. The highest BCUT2D eigenvalue weighted by atomic mass is 16.1. The van der Waals surface area contributed by atoms with Gasteiger partial charge in [-0.3, -0.25) is 4.79 Å². The molecule has 90 valence electrons. The number of nitrogens with two attached hydrogens (primary N) is 1. The topological polar surface area (TPSA) is 60.9 Å². The molecule has 0 atom stereocenters. The largest absolute Gasteiger partial charge is 0.397 e. The van der Waals surface area contributed by atoms with Crippen LogP contribution in [0, 0.1) is 0 Å². The van der Waals surface area contributed by atoms with Crippen LogP contribution in [0.2, 0.25) is 0 Å². The zero-order valence-corrected chi connectivity index (χ0v) is 9.98. The molecule has 0 saturated carbocycles. The van der Waals surface area contributed by atoms with E-state index in [0.717, 1.165) is 6.42 Å². The maximum absolute atomic E-state index is 11.4. The molecule has 0 saturated heterocycles. The standard InChI is InChI=1S/C12H21N3O/c1-2-3-4-5-6-7-8-15-12(16)9-11(13)10-14-15/h9-10H,2-8,13H2,1H3. The van der Waals surface area contributed by atoms with E-state index in [1.54, 1.807) is 0 Å². The van der Waals surface area contributed by atoms with Crippen LogP contribution in [0.5, 0.6) is 0 Å². The van der Waals surface area contributed by atoms with E-state index in [1.807, 2.05) is 0 Å². The summed E-state index contributed by atoms with van der Waals surface area (Å²) in [7, 11) is 0. The zero-order chi connectivity index (χ0) is 11.8. The van der Waals surface area contributed by atoms with Gasteiger partial charge in [0.2, 0.25) is 0 Å². The van der Waals surface area contributed by atoms with Gasteiger partial charge in [-0.25, -0.2) is 4.68 Å². The molecule has 2 N–H and O–H groups in total. The molecule has 4 heteroatoms. The van der Waals surface area contributed by atoms with Crippen molar-refractivity contribution in [3.05, 3.63) is 22.6 Å². The molecule has 0 aromatic carbocycles. The lowest BCUT2D eigenvalue weighted by Gasteiger charge is -2.04. The lowest BCUT2D eigenvalue weighted by Crippen LogP contribution is -2.22. The molecule has 0 aliphatic carbocycles. The molecule has 16 heavy (non-hydrogen) atoms. The summed E-state index contributed by atoms with van der Waals surface area (Å²) in [6.45, 7) is 2.91. The first kappa shape index (κ1) is 12.7. The molecule has 1 rings (SSSR count). The van der Waals surface area contributed by atoms with Gasteiger partial charge in [-0.2, -0.15) is 5.10 Å². The Bertz CT molecular complexity index is 360. The fraction of sp³-hybridized carbons (Fsp3) is 0.667. The smallest absolute Gasteiger partial charge is 0.268 e. The van der Waals surface area contributed by atoms with Gasteiger partial charge in [-0.15, -0.1) is 0 Å². The minimum absolute atomic E-state index is 0.103. The summed E-state index contributed by atoms with van der Waals surface area (Å²) < 4.78 is 1.48. The summed E-state index contributed by atoms with van der Waals surface area (Å²) in [6, 6.07) is 1.42. The summed E-state index contributed by atoms with van der Waals surface area (Å²) in [4.78, 5) is 11.4. The SMILES string of the molecule is CCCCCCCCn1ncc(N)cc1=O. The van der Waals surface area contributed by atoms with E-state index in [4.69, 9.17) is 5.73 Å². The summed E-state index contributed by atoms with van der Waals surface area (Å²) in [5, 5.41) is 3.99. The van der Waals surface area contributed by atoms with Crippen molar-refractivity contribution in [1.29, 1.82) is 0 Å². The van der Waals surface area contributed by atoms with E-state index in [0.29, 0.717) is 12.2 Å². The van der Waals surface area contributed by atoms with Crippen molar-refractivity contribution in [3.63, 3.8) is 0 Å². The average molecular weight is 223 g/mol. The van der Waals surface area contributed by atoms with E-state index in [2.05, 4.69) is 12.0 Å². The third-order valence-corrected chi connectivity index (χ3v) is 2.61. The molecule has 4 nitrogen and oxygen atoms in total. The van der Waals surface area contributed by atoms with E-state index in [1.165, 1.54) is 49.0 Å². The maximum atomic E-state index is 11.4. The van der Waals surface area contributed by atoms with E-state index < -0.39 is 0 Å². The molecule has 0 radical (unpaired) electrons. The van der Waals surface area contributed by atoms with Crippen LogP contribution in [0.3, 0.4) is 0 Å². The van der Waals surface area contributed by atoms with Gasteiger partial charge in [-0.05, 0) is 6.42 Å². The Hall–Kier alpha value is -1.32. The number of hydrogen-bond donors (Lipinski definition) is 1. The van der Waals surface area contributed by atoms with E-state index in [9.17, 15) is 4.79 Å². The van der Waals surface area contributed by atoms with Crippen molar-refractivity contribution >= 4 is 5.69 Å². The second-order valence-corrected chi connectivity index (χ2v) is 4.12. The van der Waals surface area contributed by atoms with Gasteiger partial charge in [0.25, 0.3) is 5.56 Å². The van der Waals surface area contributed by atoms with Crippen molar-refractivity contribution < 1.29 is 0 Å². The molecular weight excluding hydrogens is 202 g/mol. The van der Waals surface area contributed by atoms with Gasteiger partial charge in [0.15, 0.2) is 0 Å². The molecule has 1 aromatic heterocycles. The van der Waals surface area contributed by atoms with Crippen molar-refractivity contribution in [2.24, 2.45) is 0 Å². The first-order valence-electron chi connectivity index (χ1n) is 6.06. The highest BCUT2D eigenvalue weighted by molar-refractivity contribution is 5.31. The van der Waals surface area contributed by atoms with Gasteiger partial charge >= 0.3 is 0 Å². The third-order valence-electron chi connectivity index (χ3n) is 2.61. The number of unbranched alkanes of at least 4 members (excludes halogenated alkanes) is 5. The first-order chi connectivity index (χ1) is 7.74. The van der Waals surface area contributed by atoms with Crippen LogP contribution < -0.4 is 11.3 Å². The molecule has 1 heterocycles. The molecular formula is C12H21N3O. The molecule has 1 aromatic rings. The molecule has 0 aliphatic heterocycles. The Labute approximate surface area is 96.5 Å². The number of nitrogens with zero attached hydrogens (tertiary/aromatic N) is 2. The molecule has 0 amide bonds. The van der Waals surface area contributed by atoms with E-state index in [-0.39, 0.29) is 5.56 Å². The normalized spacial score (nSPS) is 10.6. The van der Waals surface area contributed by atoms with Gasteiger partial charge in [0.05, 0.1) is 11.9 Å². The van der Waals surface area contributed by atoms with Crippen molar-refractivity contribution in [2.75, 3.05) is 5.73 Å². The summed E-state index contributed by atoms with van der Waals surface area (Å²) in [5.41, 5.74) is 5.79. The number of nitrogen functional groups attached to an aromatic ring is 1. The van der Waals surface area contributed by atoms with Crippen LogP contribution in [0.25, 0.3) is 0 Å². The van der Waals surface area contributed by atoms with Gasteiger partial charge in [-0.1, -0.05) is 39.0 Å². The summed E-state index contributed by atoms with van der Waals surface area (Å²) in [6.07, 6.45) is 8.81. The maximum Gasteiger partial charge on any atom is 0.268 e. The van der Waals surface area contributed by atoms with Gasteiger partial charge in [0, 0.05) is 12.6 Å². The predicted molar refractivity (Wildman–Crippen MR) is 66.3 cm³/mol. The third kappa shape index (κ3) is 4.47. The number of aromatic nitrogens is 2. The van der Waals surface area contributed by atoms with Crippen molar-refractivity contribution in [3.8, 4) is 0 Å². The van der Waals surface area contributed by atoms with Crippen LogP contribution in [0.15, 0.2) is 17.1 Å². The fourth-order valence-corrected chi connectivity index (χ4v) is 1.66. The Kier molecular flexibility index (Phi) is 5.61. The number of rotatable bonds is 7. The van der Waals surface area contributed by atoms with Gasteiger partial charge in [0.1, 0.15) is 0 Å². The minimum atomic E-state index is -0.103. The van der Waals surface area contributed by atoms with Crippen LogP contribution in [-0.2, 0) is 6.54 Å². The van der Waals surface area contributed by atoms with Crippen LogP contribution in [0.1, 0.15) is 45.4 Å². The van der Waals surface area contributed by atoms with Crippen LogP contribution in [0.4, 0.5) is 5.69 Å². The van der Waals surface area contributed by atoms with Crippen molar-refractivity contribution in [2.45, 2.75) is 52.0 Å². The molecule has 0 aliphatic rings. The average Bonchev–Trinajstić information content (AvgIpc) is 2.26. The predicted octanol–water partition coefficient (Wildman–Crippen LogP) is 2.19. The summed E-state index contributed by atoms with van der Waals surface area (Å²) >= 11 is 0. The Balaban J connectivity index is 2.24. The fourth-order valence-electron chi connectivity index (χ4n) is 1.66. The molecule has 0 fully saturated rings. The quantitative estimate of drug-likeness (QED) is 0.721. The van der Waals surface area contributed by atoms with Gasteiger partial charge < -0.3 is 5.73 Å². The number of anilines is 1. The monoisotopic (exact) mass is 223 g/mol. The molecule has 0 bridgehead atoms. The molecule has 0 spiro atoms. The molecule has 0 unspecified atom stereocenters. The number of aryl methyl sites for hydroxylation is 1.